The third-order valence-electron chi connectivity index (χ3n) is 6.08. The number of Topliss-reactive ketones (excluding diaryl/α,β-unsaturated/α-hetero) is 1. The Hall–Kier alpha value is -4.11. The number of anilines is 2. The highest BCUT2D eigenvalue weighted by molar-refractivity contribution is 6.35. The first-order valence-electron chi connectivity index (χ1n) is 11.1. The Kier molecular flexibility index (Phi) is 5.78. The van der Waals surface area contributed by atoms with Crippen LogP contribution in [-0.4, -0.2) is 36.3 Å². The first kappa shape index (κ1) is 22.7. The van der Waals surface area contributed by atoms with Crippen molar-refractivity contribution in [2.24, 2.45) is 0 Å². The fourth-order valence-corrected chi connectivity index (χ4v) is 4.56. The van der Waals surface area contributed by atoms with Crippen molar-refractivity contribution in [3.05, 3.63) is 70.5 Å². The molecular formula is C26H21F2N3O4. The molecule has 35 heavy (non-hydrogen) atoms. The van der Waals surface area contributed by atoms with Gasteiger partial charge in [-0.15, -0.1) is 0 Å². The van der Waals surface area contributed by atoms with Gasteiger partial charge in [-0.1, -0.05) is 12.1 Å². The fraction of sp³-hybridized carbons (Fsp3) is 0.192. The first-order chi connectivity index (χ1) is 16.9. The maximum absolute atomic E-state index is 14.8. The van der Waals surface area contributed by atoms with Crippen LogP contribution in [0.15, 0.2) is 36.4 Å². The quantitative estimate of drug-likeness (QED) is 0.469. The smallest absolute Gasteiger partial charge is 0.256 e. The lowest BCUT2D eigenvalue weighted by atomic mass is 9.90. The predicted octanol–water partition coefficient (Wildman–Crippen LogP) is 4.56. The molecule has 1 aromatic heterocycles. The lowest BCUT2D eigenvalue weighted by Crippen LogP contribution is -2.18. The molecule has 7 nitrogen and oxygen atoms in total. The van der Waals surface area contributed by atoms with Gasteiger partial charge in [0.1, 0.15) is 18.2 Å². The third-order valence-corrected chi connectivity index (χ3v) is 6.08. The van der Waals surface area contributed by atoms with Crippen molar-refractivity contribution in [3.63, 3.8) is 0 Å². The minimum atomic E-state index is -0.713. The molecule has 9 heteroatoms. The van der Waals surface area contributed by atoms with Crippen LogP contribution in [0.2, 0.25) is 0 Å². The number of amides is 2. The number of aromatic nitrogens is 1. The number of aromatic amines is 1. The van der Waals surface area contributed by atoms with Crippen molar-refractivity contribution in [2.45, 2.75) is 19.3 Å². The number of aryl methyl sites for hydroxylation is 1. The minimum Gasteiger partial charge on any atom is -0.375 e. The topological polar surface area (TPSA) is 100 Å². The summed E-state index contributed by atoms with van der Waals surface area (Å²) in [5, 5.41) is 5.10. The lowest BCUT2D eigenvalue weighted by molar-refractivity contribution is -0.119. The van der Waals surface area contributed by atoms with Gasteiger partial charge in [0.15, 0.2) is 5.78 Å². The van der Waals surface area contributed by atoms with Crippen molar-refractivity contribution in [1.82, 2.24) is 4.98 Å². The molecule has 5 rings (SSSR count). The number of benzene rings is 2. The molecule has 2 amide bonds. The number of nitrogens with one attached hydrogen (secondary N) is 3. The van der Waals surface area contributed by atoms with E-state index in [-0.39, 0.29) is 23.7 Å². The number of rotatable bonds is 5. The highest BCUT2D eigenvalue weighted by Gasteiger charge is 2.30. The molecule has 2 aromatic carbocycles. The van der Waals surface area contributed by atoms with Crippen LogP contribution < -0.4 is 10.6 Å². The monoisotopic (exact) mass is 477 g/mol. The van der Waals surface area contributed by atoms with Gasteiger partial charge in [0.05, 0.1) is 16.9 Å². The summed E-state index contributed by atoms with van der Waals surface area (Å²) in [5.41, 5.74) is 3.79. The van der Waals surface area contributed by atoms with E-state index in [1.165, 1.54) is 31.4 Å². The number of hydrogen-bond acceptors (Lipinski definition) is 4. The summed E-state index contributed by atoms with van der Waals surface area (Å²) in [4.78, 5) is 40.7. The average molecular weight is 477 g/mol. The SMILES string of the molecule is COCC(=O)Nc1cc2c(cc1F)/C(=C/c1[nH]c3c(c1-c1ccc(F)cc1)C(=O)CCC3)C(=O)N2. The number of carbonyl (C=O) groups is 3. The van der Waals surface area contributed by atoms with E-state index in [2.05, 4.69) is 15.6 Å². The number of ether oxygens (including phenoxy) is 1. The van der Waals surface area contributed by atoms with Crippen molar-refractivity contribution in [1.29, 1.82) is 0 Å². The molecule has 0 atom stereocenters. The predicted molar refractivity (Wildman–Crippen MR) is 127 cm³/mol. The molecule has 0 fully saturated rings. The molecule has 3 N–H and O–H groups in total. The average Bonchev–Trinajstić information content (AvgIpc) is 3.33. The van der Waals surface area contributed by atoms with Crippen molar-refractivity contribution in [3.8, 4) is 11.1 Å². The Morgan fingerprint density at radius 2 is 1.89 bits per heavy atom. The van der Waals surface area contributed by atoms with E-state index in [0.29, 0.717) is 52.9 Å². The number of fused-ring (bicyclic) bond motifs is 2. The highest BCUT2D eigenvalue weighted by Crippen LogP contribution is 2.40. The van der Waals surface area contributed by atoms with Gasteiger partial charge in [-0.05, 0) is 48.7 Å². The van der Waals surface area contributed by atoms with Gasteiger partial charge in [-0.3, -0.25) is 14.4 Å². The van der Waals surface area contributed by atoms with Crippen LogP contribution in [0.4, 0.5) is 20.2 Å². The standard InChI is InChI=1S/C26H21F2N3O4/c1-35-12-23(33)30-20-11-19-15(9-17(20)28)16(26(34)31-19)10-21-24(13-5-7-14(27)8-6-13)25-18(29-21)3-2-4-22(25)32/h5-11,29H,2-4,12H2,1H3,(H,30,33)(H,31,34)/b16-10-. The van der Waals surface area contributed by atoms with Crippen LogP contribution in [0.3, 0.4) is 0 Å². The molecule has 0 bridgehead atoms. The van der Waals surface area contributed by atoms with Gasteiger partial charge in [0.2, 0.25) is 5.91 Å². The second-order valence-electron chi connectivity index (χ2n) is 8.42. The summed E-state index contributed by atoms with van der Waals surface area (Å²) in [6, 6.07) is 8.31. The number of methoxy groups -OCH3 is 1. The van der Waals surface area contributed by atoms with E-state index in [4.69, 9.17) is 4.74 Å². The Balaban J connectivity index is 1.61. The molecule has 1 aliphatic carbocycles. The van der Waals surface area contributed by atoms with Gasteiger partial charge in [-0.2, -0.15) is 0 Å². The van der Waals surface area contributed by atoms with E-state index in [0.717, 1.165) is 5.69 Å². The van der Waals surface area contributed by atoms with Crippen LogP contribution in [0.5, 0.6) is 0 Å². The zero-order valence-corrected chi connectivity index (χ0v) is 18.8. The summed E-state index contributed by atoms with van der Waals surface area (Å²) in [6.45, 7) is -0.240. The number of carbonyl (C=O) groups excluding carboxylic acids is 3. The van der Waals surface area contributed by atoms with Crippen LogP contribution in [0.1, 0.15) is 40.2 Å². The van der Waals surface area contributed by atoms with E-state index in [1.807, 2.05) is 0 Å². The van der Waals surface area contributed by atoms with Crippen LogP contribution in [0, 0.1) is 11.6 Å². The van der Waals surface area contributed by atoms with E-state index in [9.17, 15) is 23.2 Å². The molecule has 0 spiro atoms. The molecule has 0 saturated heterocycles. The zero-order valence-electron chi connectivity index (χ0n) is 18.8. The van der Waals surface area contributed by atoms with Crippen molar-refractivity contribution >= 4 is 40.6 Å². The Morgan fingerprint density at radius 1 is 1.11 bits per heavy atom. The molecule has 0 unspecified atom stereocenters. The summed E-state index contributed by atoms with van der Waals surface area (Å²) in [5.74, 6) is -2.13. The molecule has 2 heterocycles. The number of ketones is 1. The molecule has 2 aliphatic rings. The maximum Gasteiger partial charge on any atom is 0.256 e. The van der Waals surface area contributed by atoms with Crippen LogP contribution >= 0.6 is 0 Å². The number of H-pyrrole nitrogens is 1. The minimum absolute atomic E-state index is 0.0229. The first-order valence-corrected chi connectivity index (χ1v) is 11.1. The second kappa shape index (κ2) is 8.92. The van der Waals surface area contributed by atoms with Gasteiger partial charge < -0.3 is 20.4 Å². The van der Waals surface area contributed by atoms with Crippen LogP contribution in [0.25, 0.3) is 22.8 Å². The van der Waals surface area contributed by atoms with Gasteiger partial charge in [0, 0.05) is 41.6 Å². The summed E-state index contributed by atoms with van der Waals surface area (Å²) >= 11 is 0. The zero-order chi connectivity index (χ0) is 24.7. The Labute approximate surface area is 199 Å². The number of hydrogen-bond donors (Lipinski definition) is 3. The second-order valence-corrected chi connectivity index (χ2v) is 8.42. The molecular weight excluding hydrogens is 456 g/mol. The summed E-state index contributed by atoms with van der Waals surface area (Å²) < 4.78 is 33.1. The van der Waals surface area contributed by atoms with Crippen molar-refractivity contribution in [2.75, 3.05) is 24.4 Å². The third kappa shape index (κ3) is 4.15. The van der Waals surface area contributed by atoms with Gasteiger partial charge >= 0.3 is 0 Å². The van der Waals surface area contributed by atoms with Gasteiger partial charge in [-0.25, -0.2) is 8.78 Å². The molecule has 0 saturated carbocycles. The van der Waals surface area contributed by atoms with Gasteiger partial charge in [0.25, 0.3) is 5.91 Å². The normalized spacial score (nSPS) is 15.7. The largest absolute Gasteiger partial charge is 0.375 e. The van der Waals surface area contributed by atoms with E-state index >= 15 is 0 Å². The fourth-order valence-electron chi connectivity index (χ4n) is 4.56. The highest BCUT2D eigenvalue weighted by atomic mass is 19.1. The van der Waals surface area contributed by atoms with Crippen LogP contribution in [-0.2, 0) is 20.7 Å². The molecule has 3 aromatic rings. The Morgan fingerprint density at radius 3 is 2.63 bits per heavy atom. The summed E-state index contributed by atoms with van der Waals surface area (Å²) in [7, 11) is 1.35. The van der Waals surface area contributed by atoms with E-state index in [1.54, 1.807) is 18.2 Å². The molecule has 0 radical (unpaired) electrons. The van der Waals surface area contributed by atoms with E-state index < -0.39 is 23.4 Å². The Bertz CT molecular complexity index is 1410. The van der Waals surface area contributed by atoms with Crippen molar-refractivity contribution < 1.29 is 27.9 Å². The molecule has 178 valence electrons. The molecule has 1 aliphatic heterocycles. The lowest BCUT2D eigenvalue weighted by Gasteiger charge is -2.12. The number of halogens is 2. The maximum atomic E-state index is 14.8. The summed E-state index contributed by atoms with van der Waals surface area (Å²) in [6.07, 6.45) is 3.35.